The number of nitrogens with one attached hydrogen (secondary N) is 2. The minimum Gasteiger partial charge on any atom is -0.354 e. The molecule has 1 heterocycles. The van der Waals surface area contributed by atoms with Gasteiger partial charge in [0.1, 0.15) is 0 Å². The van der Waals surface area contributed by atoms with Crippen LogP contribution in [-0.4, -0.2) is 61.0 Å². The zero-order valence-corrected chi connectivity index (χ0v) is 16.3. The minimum atomic E-state index is 0.237. The van der Waals surface area contributed by atoms with Crippen molar-refractivity contribution in [3.05, 3.63) is 0 Å². The van der Waals surface area contributed by atoms with Crippen molar-refractivity contribution in [3.8, 4) is 0 Å². The molecule has 0 aromatic heterocycles. The van der Waals surface area contributed by atoms with Crippen LogP contribution in [0.5, 0.6) is 0 Å². The quantitative estimate of drug-likeness (QED) is 0.452. The lowest BCUT2D eigenvalue weighted by molar-refractivity contribution is -0.125. The van der Waals surface area contributed by atoms with Crippen LogP contribution in [0, 0.1) is 11.8 Å². The minimum absolute atomic E-state index is 0.237. The van der Waals surface area contributed by atoms with Gasteiger partial charge < -0.3 is 15.5 Å². The summed E-state index contributed by atoms with van der Waals surface area (Å²) in [6.07, 6.45) is 5.80. The Hall–Kier alpha value is -0.910. The fourth-order valence-corrected chi connectivity index (χ4v) is 4.77. The molecule has 1 amide bonds. The second-order valence-corrected chi connectivity index (χ2v) is 8.55. The first-order chi connectivity index (χ1) is 11.6. The van der Waals surface area contributed by atoms with E-state index in [0.717, 1.165) is 44.2 Å². The highest BCUT2D eigenvalue weighted by Crippen LogP contribution is 2.25. The normalized spacial score (nSPS) is 23.4. The van der Waals surface area contributed by atoms with E-state index < -0.39 is 0 Å². The van der Waals surface area contributed by atoms with Crippen molar-refractivity contribution in [1.82, 2.24) is 15.5 Å². The molecule has 0 spiro atoms. The smallest absolute Gasteiger partial charge is 0.223 e. The first-order valence-electron chi connectivity index (χ1n) is 9.46. The Labute approximate surface area is 151 Å². The van der Waals surface area contributed by atoms with Crippen LogP contribution in [0.25, 0.3) is 0 Å². The molecule has 1 unspecified atom stereocenters. The van der Waals surface area contributed by atoms with Gasteiger partial charge in [-0.25, -0.2) is 0 Å². The highest BCUT2D eigenvalue weighted by atomic mass is 32.2. The number of hydrogen-bond donors (Lipinski definition) is 2. The highest BCUT2D eigenvalue weighted by Gasteiger charge is 2.25. The average molecular weight is 355 g/mol. The molecule has 1 aliphatic carbocycles. The number of nitrogens with zero attached hydrogens (tertiary/aromatic N) is 2. The van der Waals surface area contributed by atoms with E-state index in [-0.39, 0.29) is 11.8 Å². The number of aliphatic imine (C=N–C) groups is 1. The highest BCUT2D eigenvalue weighted by molar-refractivity contribution is 8.00. The van der Waals surface area contributed by atoms with Gasteiger partial charge in [0.2, 0.25) is 5.91 Å². The Balaban J connectivity index is 1.68. The maximum absolute atomic E-state index is 12.1. The van der Waals surface area contributed by atoms with Crippen molar-refractivity contribution in [2.75, 3.05) is 39.0 Å². The van der Waals surface area contributed by atoms with E-state index in [1.54, 1.807) is 0 Å². The number of carbonyl (C=O) groups excluding carboxylic acids is 1. The van der Waals surface area contributed by atoms with Gasteiger partial charge in [0.25, 0.3) is 0 Å². The van der Waals surface area contributed by atoms with Crippen molar-refractivity contribution < 1.29 is 4.79 Å². The molecule has 1 atom stereocenters. The van der Waals surface area contributed by atoms with E-state index in [1.165, 1.54) is 19.3 Å². The molecule has 138 valence electrons. The molecule has 2 rings (SSSR count). The van der Waals surface area contributed by atoms with Gasteiger partial charge in [0, 0.05) is 50.1 Å². The van der Waals surface area contributed by atoms with Gasteiger partial charge in [-0.15, -0.1) is 0 Å². The summed E-state index contributed by atoms with van der Waals surface area (Å²) in [4.78, 5) is 18.9. The lowest BCUT2D eigenvalue weighted by Crippen LogP contribution is -2.50. The summed E-state index contributed by atoms with van der Waals surface area (Å²) in [5.41, 5.74) is 0. The molecule has 0 radical (unpaired) electrons. The molecule has 24 heavy (non-hydrogen) atoms. The predicted molar refractivity (Wildman–Crippen MR) is 104 cm³/mol. The largest absolute Gasteiger partial charge is 0.354 e. The summed E-state index contributed by atoms with van der Waals surface area (Å²) in [5, 5.41) is 7.16. The summed E-state index contributed by atoms with van der Waals surface area (Å²) >= 11 is 2.07. The topological polar surface area (TPSA) is 56.7 Å². The van der Waals surface area contributed by atoms with Crippen LogP contribution >= 0.6 is 11.8 Å². The standard InChI is InChI=1S/C18H34N4OS/c1-14(2)16-13-22(11-12-24-16)18(19-3)21-10-9-20-17(23)15-7-5-4-6-8-15/h14-16H,4-13H2,1-3H3,(H,19,21)(H,20,23). The molecule has 0 aromatic carbocycles. The second kappa shape index (κ2) is 10.2. The van der Waals surface area contributed by atoms with Crippen molar-refractivity contribution in [1.29, 1.82) is 0 Å². The van der Waals surface area contributed by atoms with Crippen molar-refractivity contribution in [2.24, 2.45) is 16.8 Å². The molecule has 2 aliphatic rings. The van der Waals surface area contributed by atoms with Crippen molar-refractivity contribution in [2.45, 2.75) is 51.2 Å². The predicted octanol–water partition coefficient (Wildman–Crippen LogP) is 2.33. The van der Waals surface area contributed by atoms with Crippen LogP contribution in [0.15, 0.2) is 4.99 Å². The molecule has 1 saturated heterocycles. The van der Waals surface area contributed by atoms with Crippen molar-refractivity contribution >= 4 is 23.6 Å². The molecular formula is C18H34N4OS. The van der Waals surface area contributed by atoms with Crippen LogP contribution in [0.3, 0.4) is 0 Å². The molecule has 5 nitrogen and oxygen atoms in total. The molecule has 2 N–H and O–H groups in total. The molecule has 1 aliphatic heterocycles. The Kier molecular flexibility index (Phi) is 8.22. The zero-order valence-electron chi connectivity index (χ0n) is 15.5. The first kappa shape index (κ1) is 19.4. The molecule has 0 aromatic rings. The molecule has 6 heteroatoms. The van der Waals surface area contributed by atoms with Crippen LogP contribution in [0.4, 0.5) is 0 Å². The lowest BCUT2D eigenvalue weighted by atomic mass is 9.89. The van der Waals surface area contributed by atoms with Crippen LogP contribution in [0.2, 0.25) is 0 Å². The summed E-state index contributed by atoms with van der Waals surface area (Å²) < 4.78 is 0. The van der Waals surface area contributed by atoms with Gasteiger partial charge in [0.15, 0.2) is 5.96 Å². The maximum Gasteiger partial charge on any atom is 0.223 e. The van der Waals surface area contributed by atoms with Gasteiger partial charge in [0.05, 0.1) is 0 Å². The van der Waals surface area contributed by atoms with E-state index in [1.807, 2.05) is 7.05 Å². The number of rotatable bonds is 5. The summed E-state index contributed by atoms with van der Waals surface area (Å²) in [6, 6.07) is 0. The van der Waals surface area contributed by atoms with Gasteiger partial charge in [-0.3, -0.25) is 9.79 Å². The summed E-state index contributed by atoms with van der Waals surface area (Å²) in [5.74, 6) is 3.28. The number of thioether (sulfide) groups is 1. The van der Waals surface area contributed by atoms with E-state index in [2.05, 4.69) is 46.1 Å². The van der Waals surface area contributed by atoms with Gasteiger partial charge in [-0.1, -0.05) is 33.1 Å². The van der Waals surface area contributed by atoms with Gasteiger partial charge in [-0.05, 0) is 18.8 Å². The Morgan fingerprint density at radius 1 is 1.21 bits per heavy atom. The lowest BCUT2D eigenvalue weighted by Gasteiger charge is -2.36. The first-order valence-corrected chi connectivity index (χ1v) is 10.5. The third-order valence-corrected chi connectivity index (χ3v) is 6.57. The fraction of sp³-hybridized carbons (Fsp3) is 0.889. The Morgan fingerprint density at radius 2 is 1.92 bits per heavy atom. The number of guanidine groups is 1. The third kappa shape index (κ3) is 5.87. The van der Waals surface area contributed by atoms with Crippen LogP contribution in [0.1, 0.15) is 46.0 Å². The van der Waals surface area contributed by atoms with Crippen LogP contribution in [-0.2, 0) is 4.79 Å². The summed E-state index contributed by atoms with van der Waals surface area (Å²) in [6.45, 7) is 8.08. The van der Waals surface area contributed by atoms with Crippen LogP contribution < -0.4 is 10.6 Å². The van der Waals surface area contributed by atoms with E-state index in [4.69, 9.17) is 0 Å². The third-order valence-electron chi connectivity index (χ3n) is 5.03. The van der Waals surface area contributed by atoms with E-state index in [9.17, 15) is 4.79 Å². The molecule has 0 bridgehead atoms. The van der Waals surface area contributed by atoms with Gasteiger partial charge >= 0.3 is 0 Å². The number of hydrogen-bond acceptors (Lipinski definition) is 3. The summed E-state index contributed by atoms with van der Waals surface area (Å²) in [7, 11) is 1.84. The second-order valence-electron chi connectivity index (χ2n) is 7.20. The average Bonchev–Trinajstić information content (AvgIpc) is 2.62. The van der Waals surface area contributed by atoms with E-state index in [0.29, 0.717) is 17.7 Å². The van der Waals surface area contributed by atoms with Gasteiger partial charge in [-0.2, -0.15) is 11.8 Å². The zero-order chi connectivity index (χ0) is 17.4. The Bertz CT molecular complexity index is 421. The molecule has 1 saturated carbocycles. The monoisotopic (exact) mass is 354 g/mol. The molecular weight excluding hydrogens is 320 g/mol. The SMILES string of the molecule is CN=C(NCCNC(=O)C1CCCCC1)N1CCSC(C(C)C)C1. The fourth-order valence-electron chi connectivity index (χ4n) is 3.47. The molecule has 2 fully saturated rings. The maximum atomic E-state index is 12.1. The number of carbonyl (C=O) groups is 1. The van der Waals surface area contributed by atoms with Crippen molar-refractivity contribution in [3.63, 3.8) is 0 Å². The number of amides is 1. The Morgan fingerprint density at radius 3 is 2.58 bits per heavy atom. The van der Waals surface area contributed by atoms with E-state index >= 15 is 0 Å².